The van der Waals surface area contributed by atoms with E-state index in [2.05, 4.69) is 53.1 Å². The van der Waals surface area contributed by atoms with Gasteiger partial charge in [0.15, 0.2) is 9.76 Å². The average molecular weight is 374 g/mol. The van der Waals surface area contributed by atoms with Gasteiger partial charge in [0.25, 0.3) is 0 Å². The fourth-order valence-electron chi connectivity index (χ4n) is 3.57. The van der Waals surface area contributed by atoms with Gasteiger partial charge in [-0.15, -0.1) is 0 Å². The molecule has 0 radical (unpaired) electrons. The number of benzene rings is 2. The molecule has 3 rings (SSSR count). The van der Waals surface area contributed by atoms with Gasteiger partial charge in [-0.25, -0.2) is 0 Å². The van der Waals surface area contributed by atoms with Crippen LogP contribution in [0.5, 0.6) is 0 Å². The molecule has 1 heterocycles. The number of hydrogen-bond acceptors (Lipinski definition) is 4. The highest BCUT2D eigenvalue weighted by molar-refractivity contribution is 6.65. The lowest BCUT2D eigenvalue weighted by Gasteiger charge is -2.32. The van der Waals surface area contributed by atoms with Crippen LogP contribution in [-0.4, -0.2) is 50.0 Å². The molecule has 0 amide bonds. The van der Waals surface area contributed by atoms with E-state index in [1.54, 1.807) is 14.2 Å². The molecule has 2 aromatic rings. The second-order valence-electron chi connectivity index (χ2n) is 6.28. The van der Waals surface area contributed by atoms with Crippen LogP contribution in [0.4, 0.5) is 0 Å². The van der Waals surface area contributed by atoms with Crippen molar-refractivity contribution in [2.75, 3.05) is 26.9 Å². The predicted molar refractivity (Wildman–Crippen MR) is 105 cm³/mol. The zero-order valence-electron chi connectivity index (χ0n) is 15.1. The molecule has 0 spiro atoms. The second kappa shape index (κ2) is 8.89. The third-order valence-corrected chi connectivity index (χ3v) is 10.3. The van der Waals surface area contributed by atoms with Crippen molar-refractivity contribution >= 4 is 18.5 Å². The third kappa shape index (κ3) is 4.28. The van der Waals surface area contributed by atoms with Gasteiger partial charge in [0.05, 0.1) is 6.10 Å². The Kier molecular flexibility index (Phi) is 6.58. The maximum absolute atomic E-state index is 6.47. The summed E-state index contributed by atoms with van der Waals surface area (Å²) < 4.78 is 20.5. The Morgan fingerprint density at radius 2 is 1.52 bits per heavy atom. The minimum Gasteiger partial charge on any atom is -0.412 e. The Hall–Kier alpha value is -1.29. The summed E-state index contributed by atoms with van der Waals surface area (Å²) in [5, 5.41) is 0. The van der Waals surface area contributed by atoms with Crippen molar-refractivity contribution in [2.45, 2.75) is 18.6 Å². The summed E-state index contributed by atoms with van der Waals surface area (Å²) in [7, 11) is 0.678. The fraction of sp³-hybridized carbons (Fsp3) is 0.368. The summed E-state index contributed by atoms with van der Waals surface area (Å²) in [6.07, 6.45) is 2.14. The highest BCUT2D eigenvalue weighted by Gasteiger charge is 2.47. The van der Waals surface area contributed by atoms with Crippen molar-refractivity contribution in [1.29, 1.82) is 0 Å². The lowest BCUT2D eigenvalue weighted by molar-refractivity contribution is 0.185. The standard InChI is InChI=1S/C19H27NO3Si2/c1-21-25(22-2)15-9-14-20(25)16-24-23-19(17-10-5-3-6-11-17)18-12-7-4-8-13-18/h3-8,10-13,19H,9,14-16,24H2,1-2H3. The van der Waals surface area contributed by atoms with Gasteiger partial charge in [0.1, 0.15) is 0 Å². The van der Waals surface area contributed by atoms with E-state index in [4.69, 9.17) is 13.3 Å². The van der Waals surface area contributed by atoms with Gasteiger partial charge in [-0.1, -0.05) is 60.7 Å². The van der Waals surface area contributed by atoms with Gasteiger partial charge in [0, 0.05) is 26.4 Å². The second-order valence-corrected chi connectivity index (χ2v) is 10.8. The van der Waals surface area contributed by atoms with Crippen LogP contribution in [0.2, 0.25) is 6.04 Å². The summed E-state index contributed by atoms with van der Waals surface area (Å²) >= 11 is 0. The van der Waals surface area contributed by atoms with E-state index in [0.717, 1.165) is 25.2 Å². The van der Waals surface area contributed by atoms with Crippen LogP contribution in [0.1, 0.15) is 23.7 Å². The molecule has 1 fully saturated rings. The van der Waals surface area contributed by atoms with Gasteiger partial charge >= 0.3 is 8.72 Å². The molecule has 134 valence electrons. The maximum Gasteiger partial charge on any atom is 0.427 e. The fourth-order valence-corrected chi connectivity index (χ4v) is 8.89. The van der Waals surface area contributed by atoms with Gasteiger partial charge in [0.2, 0.25) is 0 Å². The van der Waals surface area contributed by atoms with Crippen LogP contribution in [-0.2, 0) is 13.3 Å². The molecule has 0 atom stereocenters. The Labute approximate surface area is 154 Å². The zero-order valence-corrected chi connectivity index (χ0v) is 17.5. The van der Waals surface area contributed by atoms with Crippen LogP contribution in [0.15, 0.2) is 60.7 Å². The van der Waals surface area contributed by atoms with Crippen molar-refractivity contribution < 1.29 is 13.3 Å². The van der Waals surface area contributed by atoms with E-state index >= 15 is 0 Å². The van der Waals surface area contributed by atoms with E-state index < -0.39 is 18.5 Å². The van der Waals surface area contributed by atoms with Crippen LogP contribution in [0.3, 0.4) is 0 Å². The summed E-state index contributed by atoms with van der Waals surface area (Å²) in [4.78, 5) is 0. The molecule has 0 aliphatic carbocycles. The Balaban J connectivity index is 1.68. The summed E-state index contributed by atoms with van der Waals surface area (Å²) in [6, 6.07) is 22.0. The molecular weight excluding hydrogens is 346 g/mol. The molecule has 1 aliphatic rings. The Bertz CT molecular complexity index is 598. The number of nitrogens with zero attached hydrogens (tertiary/aromatic N) is 1. The monoisotopic (exact) mass is 373 g/mol. The van der Waals surface area contributed by atoms with E-state index in [0.29, 0.717) is 0 Å². The average Bonchev–Trinajstić information content (AvgIpc) is 3.10. The van der Waals surface area contributed by atoms with Crippen molar-refractivity contribution in [2.24, 2.45) is 0 Å². The normalized spacial score (nSPS) is 17.7. The smallest absolute Gasteiger partial charge is 0.412 e. The summed E-state index contributed by atoms with van der Waals surface area (Å²) in [5.74, 6) is 0. The molecule has 0 unspecified atom stereocenters. The van der Waals surface area contributed by atoms with Crippen molar-refractivity contribution in [3.8, 4) is 0 Å². The van der Waals surface area contributed by atoms with Crippen molar-refractivity contribution in [1.82, 2.24) is 4.57 Å². The van der Waals surface area contributed by atoms with Gasteiger partial charge in [-0.2, -0.15) is 0 Å². The van der Waals surface area contributed by atoms with Crippen LogP contribution in [0.25, 0.3) is 0 Å². The van der Waals surface area contributed by atoms with Crippen molar-refractivity contribution in [3.63, 3.8) is 0 Å². The molecule has 0 N–H and O–H groups in total. The van der Waals surface area contributed by atoms with Crippen LogP contribution >= 0.6 is 0 Å². The van der Waals surface area contributed by atoms with Crippen LogP contribution in [0, 0.1) is 0 Å². The quantitative estimate of drug-likeness (QED) is 0.666. The molecule has 0 aromatic heterocycles. The molecule has 2 aromatic carbocycles. The minimum absolute atomic E-state index is 0.0119. The number of hydrogen-bond donors (Lipinski definition) is 0. The summed E-state index contributed by atoms with van der Waals surface area (Å²) in [5.41, 5.74) is 2.43. The van der Waals surface area contributed by atoms with E-state index in [1.807, 2.05) is 12.1 Å². The first-order valence-electron chi connectivity index (χ1n) is 8.86. The first-order valence-corrected chi connectivity index (χ1v) is 12.4. The first kappa shape index (κ1) is 18.5. The molecular formula is C19H27NO3Si2. The maximum atomic E-state index is 6.47. The molecule has 0 saturated carbocycles. The predicted octanol–water partition coefficient (Wildman–Crippen LogP) is 2.77. The van der Waals surface area contributed by atoms with Gasteiger partial charge in [-0.3, -0.25) is 4.57 Å². The van der Waals surface area contributed by atoms with Crippen LogP contribution < -0.4 is 0 Å². The highest BCUT2D eigenvalue weighted by atomic mass is 28.4. The van der Waals surface area contributed by atoms with Crippen molar-refractivity contribution in [3.05, 3.63) is 71.8 Å². The zero-order chi connectivity index (χ0) is 17.5. The SMILES string of the molecule is CO[Si]1(OC)CCCN1C[SiH2]OC(c1ccccc1)c1ccccc1. The molecule has 4 nitrogen and oxygen atoms in total. The topological polar surface area (TPSA) is 30.9 Å². The lowest BCUT2D eigenvalue weighted by Crippen LogP contribution is -2.54. The largest absolute Gasteiger partial charge is 0.427 e. The molecule has 1 saturated heterocycles. The highest BCUT2D eigenvalue weighted by Crippen LogP contribution is 2.28. The van der Waals surface area contributed by atoms with Gasteiger partial charge in [-0.05, 0) is 24.1 Å². The molecule has 6 heteroatoms. The third-order valence-electron chi connectivity index (χ3n) is 4.89. The minimum atomic E-state index is -2.15. The van der Waals surface area contributed by atoms with E-state index in [9.17, 15) is 0 Å². The van der Waals surface area contributed by atoms with E-state index in [1.165, 1.54) is 11.1 Å². The summed E-state index contributed by atoms with van der Waals surface area (Å²) in [6.45, 7) is 1.06. The van der Waals surface area contributed by atoms with E-state index in [-0.39, 0.29) is 6.10 Å². The lowest BCUT2D eigenvalue weighted by atomic mass is 10.0. The molecule has 0 bridgehead atoms. The molecule has 25 heavy (non-hydrogen) atoms. The Morgan fingerprint density at radius 3 is 2.04 bits per heavy atom. The number of rotatable bonds is 8. The molecule has 1 aliphatic heterocycles. The first-order chi connectivity index (χ1) is 12.3. The Morgan fingerprint density at radius 1 is 0.960 bits per heavy atom. The van der Waals surface area contributed by atoms with Gasteiger partial charge < -0.3 is 13.3 Å².